The summed E-state index contributed by atoms with van der Waals surface area (Å²) in [6.45, 7) is 7.31. The predicted octanol–water partition coefficient (Wildman–Crippen LogP) is 1.51. The summed E-state index contributed by atoms with van der Waals surface area (Å²) in [5.41, 5.74) is 6.25. The highest BCUT2D eigenvalue weighted by molar-refractivity contribution is 4.94. The van der Waals surface area contributed by atoms with Crippen LogP contribution in [-0.2, 0) is 14.2 Å². The van der Waals surface area contributed by atoms with Gasteiger partial charge in [0.15, 0.2) is 0 Å². The molecule has 1 rings (SSSR count). The summed E-state index contributed by atoms with van der Waals surface area (Å²) >= 11 is 0. The highest BCUT2D eigenvalue weighted by atomic mass is 16.5. The molecule has 0 aromatic carbocycles. The summed E-state index contributed by atoms with van der Waals surface area (Å²) in [4.78, 5) is 2.41. The standard InChI is InChI=1S/C16H34N2O3/c1-15-4-6-16(14-17,7-5-15)18(2)8-9-20-12-13-21-11-10-19-3/h15H,4-14,17H2,1-3H3. The van der Waals surface area contributed by atoms with Gasteiger partial charge in [0.25, 0.3) is 0 Å². The summed E-state index contributed by atoms with van der Waals surface area (Å²) < 4.78 is 15.9. The fourth-order valence-electron chi connectivity index (χ4n) is 2.94. The highest BCUT2D eigenvalue weighted by Gasteiger charge is 2.36. The molecule has 0 unspecified atom stereocenters. The maximum absolute atomic E-state index is 6.07. The summed E-state index contributed by atoms with van der Waals surface area (Å²) in [6.07, 6.45) is 4.99. The van der Waals surface area contributed by atoms with E-state index in [0.29, 0.717) is 26.4 Å². The Bertz CT molecular complexity index is 256. The van der Waals surface area contributed by atoms with E-state index in [-0.39, 0.29) is 5.54 Å². The molecule has 0 radical (unpaired) electrons. The molecule has 2 N–H and O–H groups in total. The van der Waals surface area contributed by atoms with Gasteiger partial charge in [0.2, 0.25) is 0 Å². The lowest BCUT2D eigenvalue weighted by Gasteiger charge is -2.45. The zero-order valence-electron chi connectivity index (χ0n) is 14.1. The van der Waals surface area contributed by atoms with Gasteiger partial charge in [0.05, 0.1) is 33.0 Å². The lowest BCUT2D eigenvalue weighted by atomic mass is 9.76. The van der Waals surface area contributed by atoms with Gasteiger partial charge >= 0.3 is 0 Å². The molecule has 0 saturated heterocycles. The van der Waals surface area contributed by atoms with Crippen molar-refractivity contribution in [1.82, 2.24) is 4.90 Å². The first-order chi connectivity index (χ1) is 10.1. The quantitative estimate of drug-likeness (QED) is 0.586. The van der Waals surface area contributed by atoms with Crippen molar-refractivity contribution >= 4 is 0 Å². The molecule has 0 amide bonds. The number of methoxy groups -OCH3 is 1. The minimum absolute atomic E-state index is 0.185. The molecule has 5 nitrogen and oxygen atoms in total. The largest absolute Gasteiger partial charge is 0.382 e. The van der Waals surface area contributed by atoms with Crippen LogP contribution in [0, 0.1) is 5.92 Å². The van der Waals surface area contributed by atoms with Crippen LogP contribution < -0.4 is 5.73 Å². The number of nitrogens with two attached hydrogens (primary N) is 1. The maximum atomic E-state index is 6.07. The monoisotopic (exact) mass is 302 g/mol. The Morgan fingerprint density at radius 3 is 2.19 bits per heavy atom. The lowest BCUT2D eigenvalue weighted by Crippen LogP contribution is -2.54. The van der Waals surface area contributed by atoms with Crippen molar-refractivity contribution in [3.05, 3.63) is 0 Å². The topological polar surface area (TPSA) is 57.0 Å². The minimum atomic E-state index is 0.185. The first-order valence-electron chi connectivity index (χ1n) is 8.20. The van der Waals surface area contributed by atoms with E-state index in [2.05, 4.69) is 18.9 Å². The van der Waals surface area contributed by atoms with Gasteiger partial charge in [-0.15, -0.1) is 0 Å². The molecule has 0 atom stereocenters. The van der Waals surface area contributed by atoms with E-state index >= 15 is 0 Å². The SMILES string of the molecule is COCCOCCOCCN(C)C1(CN)CCC(C)CC1. The Morgan fingerprint density at radius 1 is 1.05 bits per heavy atom. The minimum Gasteiger partial charge on any atom is -0.382 e. The van der Waals surface area contributed by atoms with Crippen LogP contribution in [0.4, 0.5) is 0 Å². The van der Waals surface area contributed by atoms with Gasteiger partial charge in [-0.1, -0.05) is 6.92 Å². The summed E-state index contributed by atoms with van der Waals surface area (Å²) in [5.74, 6) is 0.846. The van der Waals surface area contributed by atoms with Crippen molar-refractivity contribution in [2.45, 2.75) is 38.1 Å². The molecule has 126 valence electrons. The van der Waals surface area contributed by atoms with Crippen LogP contribution in [0.3, 0.4) is 0 Å². The molecule has 0 aromatic heterocycles. The number of hydrogen-bond acceptors (Lipinski definition) is 5. The van der Waals surface area contributed by atoms with Crippen LogP contribution in [0.2, 0.25) is 0 Å². The first-order valence-corrected chi connectivity index (χ1v) is 8.20. The Balaban J connectivity index is 2.13. The molecule has 1 saturated carbocycles. The van der Waals surface area contributed by atoms with Gasteiger partial charge in [0, 0.05) is 25.7 Å². The maximum Gasteiger partial charge on any atom is 0.0701 e. The average molecular weight is 302 g/mol. The Kier molecular flexibility index (Phi) is 9.44. The third-order valence-corrected chi connectivity index (χ3v) is 4.77. The second kappa shape index (κ2) is 10.5. The second-order valence-corrected chi connectivity index (χ2v) is 6.25. The smallest absolute Gasteiger partial charge is 0.0701 e. The van der Waals surface area contributed by atoms with Gasteiger partial charge in [-0.25, -0.2) is 0 Å². The van der Waals surface area contributed by atoms with E-state index in [9.17, 15) is 0 Å². The normalized spacial score (nSPS) is 26.4. The number of ether oxygens (including phenoxy) is 3. The predicted molar refractivity (Wildman–Crippen MR) is 85.6 cm³/mol. The number of rotatable bonds is 11. The summed E-state index contributed by atoms with van der Waals surface area (Å²) in [6, 6.07) is 0. The Hall–Kier alpha value is -0.200. The molecule has 1 fully saturated rings. The van der Waals surface area contributed by atoms with Crippen LogP contribution in [0.5, 0.6) is 0 Å². The molecule has 0 spiro atoms. The van der Waals surface area contributed by atoms with Gasteiger partial charge in [-0.05, 0) is 38.6 Å². The molecule has 0 bridgehead atoms. The summed E-state index contributed by atoms with van der Waals surface area (Å²) in [5, 5.41) is 0. The van der Waals surface area contributed by atoms with Crippen LogP contribution in [0.25, 0.3) is 0 Å². The molecule has 0 aromatic rings. The van der Waals surface area contributed by atoms with Gasteiger partial charge in [-0.2, -0.15) is 0 Å². The number of hydrogen-bond donors (Lipinski definition) is 1. The molecule has 0 aliphatic heterocycles. The van der Waals surface area contributed by atoms with Crippen LogP contribution in [0.1, 0.15) is 32.6 Å². The van der Waals surface area contributed by atoms with Gasteiger partial charge < -0.3 is 19.9 Å². The van der Waals surface area contributed by atoms with E-state index in [1.807, 2.05) is 0 Å². The van der Waals surface area contributed by atoms with E-state index in [4.69, 9.17) is 19.9 Å². The number of nitrogens with zero attached hydrogens (tertiary/aromatic N) is 1. The lowest BCUT2D eigenvalue weighted by molar-refractivity contribution is 0.00416. The van der Waals surface area contributed by atoms with E-state index in [1.165, 1.54) is 25.7 Å². The van der Waals surface area contributed by atoms with Crippen LogP contribution in [-0.4, -0.2) is 70.7 Å². The molecule has 5 heteroatoms. The molecule has 1 aliphatic rings. The van der Waals surface area contributed by atoms with Crippen LogP contribution >= 0.6 is 0 Å². The second-order valence-electron chi connectivity index (χ2n) is 6.25. The zero-order chi connectivity index (χ0) is 15.6. The van der Waals surface area contributed by atoms with Crippen molar-refractivity contribution in [1.29, 1.82) is 0 Å². The van der Waals surface area contributed by atoms with Crippen molar-refractivity contribution in [3.63, 3.8) is 0 Å². The van der Waals surface area contributed by atoms with Gasteiger partial charge in [-0.3, -0.25) is 4.90 Å². The third kappa shape index (κ3) is 6.61. The molecular formula is C16H34N2O3. The fourth-order valence-corrected chi connectivity index (χ4v) is 2.94. The average Bonchev–Trinajstić information content (AvgIpc) is 2.51. The molecular weight excluding hydrogens is 268 g/mol. The summed E-state index contributed by atoms with van der Waals surface area (Å²) in [7, 11) is 3.86. The van der Waals surface area contributed by atoms with Crippen molar-refractivity contribution in [3.8, 4) is 0 Å². The molecule has 21 heavy (non-hydrogen) atoms. The third-order valence-electron chi connectivity index (χ3n) is 4.77. The fraction of sp³-hybridized carbons (Fsp3) is 1.00. The van der Waals surface area contributed by atoms with Crippen molar-refractivity contribution < 1.29 is 14.2 Å². The molecule has 1 aliphatic carbocycles. The van der Waals surface area contributed by atoms with Crippen LogP contribution in [0.15, 0.2) is 0 Å². The first kappa shape index (κ1) is 18.8. The Labute approximate surface area is 130 Å². The highest BCUT2D eigenvalue weighted by Crippen LogP contribution is 2.34. The van der Waals surface area contributed by atoms with Gasteiger partial charge in [0.1, 0.15) is 0 Å². The molecule has 0 heterocycles. The van der Waals surface area contributed by atoms with E-state index < -0.39 is 0 Å². The Morgan fingerprint density at radius 2 is 1.62 bits per heavy atom. The van der Waals surface area contributed by atoms with E-state index in [1.54, 1.807) is 7.11 Å². The van der Waals surface area contributed by atoms with Crippen molar-refractivity contribution in [2.24, 2.45) is 11.7 Å². The number of likely N-dealkylation sites (N-methyl/N-ethyl adjacent to an activating group) is 1. The van der Waals surface area contributed by atoms with E-state index in [0.717, 1.165) is 25.6 Å². The zero-order valence-corrected chi connectivity index (χ0v) is 14.1. The van der Waals surface area contributed by atoms with Crippen molar-refractivity contribution in [2.75, 3.05) is 60.3 Å².